The highest BCUT2D eigenvalue weighted by Crippen LogP contribution is 2.25. The SMILES string of the molecule is Nc1ccc(F)cc1OC1CCOC1=O. The predicted molar refractivity (Wildman–Crippen MR) is 50.8 cm³/mol. The molecule has 0 spiro atoms. The minimum atomic E-state index is -0.672. The molecular weight excluding hydrogens is 201 g/mol. The van der Waals surface area contributed by atoms with Gasteiger partial charge in [-0.15, -0.1) is 0 Å². The van der Waals surface area contributed by atoms with Crippen molar-refractivity contribution >= 4 is 11.7 Å². The summed E-state index contributed by atoms with van der Waals surface area (Å²) in [5.41, 5.74) is 5.87. The van der Waals surface area contributed by atoms with Gasteiger partial charge in [0.2, 0.25) is 0 Å². The van der Waals surface area contributed by atoms with E-state index in [0.717, 1.165) is 6.07 Å². The Balaban J connectivity index is 2.16. The third-order valence-electron chi connectivity index (χ3n) is 2.13. The van der Waals surface area contributed by atoms with Gasteiger partial charge in [0.15, 0.2) is 6.10 Å². The molecule has 80 valence electrons. The van der Waals surface area contributed by atoms with Gasteiger partial charge >= 0.3 is 5.97 Å². The quantitative estimate of drug-likeness (QED) is 0.587. The number of esters is 1. The highest BCUT2D eigenvalue weighted by molar-refractivity contribution is 5.77. The van der Waals surface area contributed by atoms with Gasteiger partial charge in [0.25, 0.3) is 0 Å². The molecular formula is C10H10FNO3. The molecule has 1 unspecified atom stereocenters. The summed E-state index contributed by atoms with van der Waals surface area (Å²) < 4.78 is 22.8. The fourth-order valence-corrected chi connectivity index (χ4v) is 1.35. The van der Waals surface area contributed by atoms with Crippen LogP contribution >= 0.6 is 0 Å². The van der Waals surface area contributed by atoms with E-state index in [-0.39, 0.29) is 5.75 Å². The summed E-state index contributed by atoms with van der Waals surface area (Å²) in [6, 6.07) is 3.78. The monoisotopic (exact) mass is 211 g/mol. The Morgan fingerprint density at radius 1 is 1.53 bits per heavy atom. The molecule has 0 saturated carbocycles. The van der Waals surface area contributed by atoms with Gasteiger partial charge in [-0.1, -0.05) is 0 Å². The molecule has 0 aliphatic carbocycles. The molecule has 1 aliphatic rings. The number of carbonyl (C=O) groups excluding carboxylic acids is 1. The topological polar surface area (TPSA) is 61.6 Å². The van der Waals surface area contributed by atoms with Crippen molar-refractivity contribution in [3.8, 4) is 5.75 Å². The van der Waals surface area contributed by atoms with Crippen molar-refractivity contribution in [3.63, 3.8) is 0 Å². The zero-order chi connectivity index (χ0) is 10.8. The van der Waals surface area contributed by atoms with Crippen LogP contribution in [0.15, 0.2) is 18.2 Å². The standard InChI is InChI=1S/C10H10FNO3/c11-6-1-2-7(12)9(5-6)15-8-3-4-14-10(8)13/h1-2,5,8H,3-4,12H2. The number of carbonyl (C=O) groups is 1. The van der Waals surface area contributed by atoms with E-state index in [4.69, 9.17) is 15.2 Å². The Hall–Kier alpha value is -1.78. The fourth-order valence-electron chi connectivity index (χ4n) is 1.35. The van der Waals surface area contributed by atoms with Crippen LogP contribution in [-0.4, -0.2) is 18.7 Å². The lowest BCUT2D eigenvalue weighted by Crippen LogP contribution is -2.22. The van der Waals surface area contributed by atoms with Crippen molar-refractivity contribution < 1.29 is 18.7 Å². The molecule has 1 aromatic carbocycles. The van der Waals surface area contributed by atoms with Gasteiger partial charge in [-0.2, -0.15) is 0 Å². The Morgan fingerprint density at radius 2 is 2.33 bits per heavy atom. The number of halogens is 1. The molecule has 1 atom stereocenters. The summed E-state index contributed by atoms with van der Waals surface area (Å²) in [5.74, 6) is -0.705. The van der Waals surface area contributed by atoms with E-state index < -0.39 is 17.9 Å². The maximum atomic E-state index is 12.9. The van der Waals surface area contributed by atoms with Crippen molar-refractivity contribution in [3.05, 3.63) is 24.0 Å². The van der Waals surface area contributed by atoms with Crippen LogP contribution in [-0.2, 0) is 9.53 Å². The van der Waals surface area contributed by atoms with Crippen LogP contribution in [0.4, 0.5) is 10.1 Å². The molecule has 1 fully saturated rings. The first-order valence-corrected chi connectivity index (χ1v) is 4.55. The Kier molecular flexibility index (Phi) is 2.45. The molecule has 2 N–H and O–H groups in total. The van der Waals surface area contributed by atoms with Gasteiger partial charge in [0.05, 0.1) is 12.3 Å². The van der Waals surface area contributed by atoms with E-state index in [2.05, 4.69) is 0 Å². The molecule has 0 radical (unpaired) electrons. The molecule has 4 nitrogen and oxygen atoms in total. The van der Waals surface area contributed by atoms with E-state index in [9.17, 15) is 9.18 Å². The van der Waals surface area contributed by atoms with Gasteiger partial charge in [0, 0.05) is 12.5 Å². The lowest BCUT2D eigenvalue weighted by Gasteiger charge is -2.11. The summed E-state index contributed by atoms with van der Waals surface area (Å²) >= 11 is 0. The van der Waals surface area contributed by atoms with Crippen molar-refractivity contribution in [2.24, 2.45) is 0 Å². The molecule has 1 heterocycles. The Morgan fingerprint density at radius 3 is 3.00 bits per heavy atom. The summed E-state index contributed by atoms with van der Waals surface area (Å²) in [6.45, 7) is 0.332. The van der Waals surface area contributed by atoms with Crippen molar-refractivity contribution in [2.75, 3.05) is 12.3 Å². The maximum absolute atomic E-state index is 12.9. The van der Waals surface area contributed by atoms with Gasteiger partial charge in [-0.25, -0.2) is 9.18 Å². The normalized spacial score (nSPS) is 20.1. The van der Waals surface area contributed by atoms with E-state index in [1.807, 2.05) is 0 Å². The predicted octanol–water partition coefficient (Wildman–Crippen LogP) is 1.10. The summed E-state index contributed by atoms with van der Waals surface area (Å²) in [6.07, 6.45) is -0.205. The van der Waals surface area contributed by atoms with Gasteiger partial charge < -0.3 is 15.2 Å². The van der Waals surface area contributed by atoms with Crippen LogP contribution in [0, 0.1) is 5.82 Å². The average Bonchev–Trinajstić information content (AvgIpc) is 2.58. The number of nitrogen functional groups attached to an aromatic ring is 1. The number of nitrogens with two attached hydrogens (primary N) is 1. The smallest absolute Gasteiger partial charge is 0.347 e. The second kappa shape index (κ2) is 3.76. The number of anilines is 1. The molecule has 0 aromatic heterocycles. The number of hydrogen-bond donors (Lipinski definition) is 1. The first kappa shape index (κ1) is 9.76. The minimum Gasteiger partial charge on any atom is -0.476 e. The number of benzene rings is 1. The Labute approximate surface area is 85.8 Å². The molecule has 1 aliphatic heterocycles. The largest absolute Gasteiger partial charge is 0.476 e. The lowest BCUT2D eigenvalue weighted by atomic mass is 10.2. The average molecular weight is 211 g/mol. The third-order valence-corrected chi connectivity index (χ3v) is 2.13. The number of cyclic esters (lactones) is 1. The Bertz CT molecular complexity index is 394. The van der Waals surface area contributed by atoms with Gasteiger partial charge in [0.1, 0.15) is 11.6 Å². The zero-order valence-corrected chi connectivity index (χ0v) is 7.90. The van der Waals surface area contributed by atoms with Crippen LogP contribution < -0.4 is 10.5 Å². The van der Waals surface area contributed by atoms with Gasteiger partial charge in [-0.3, -0.25) is 0 Å². The molecule has 15 heavy (non-hydrogen) atoms. The van der Waals surface area contributed by atoms with Crippen LogP contribution in [0.3, 0.4) is 0 Å². The highest BCUT2D eigenvalue weighted by Gasteiger charge is 2.28. The number of hydrogen-bond acceptors (Lipinski definition) is 4. The van der Waals surface area contributed by atoms with E-state index in [1.54, 1.807) is 0 Å². The van der Waals surface area contributed by atoms with Crippen LogP contribution in [0.2, 0.25) is 0 Å². The summed E-state index contributed by atoms with van der Waals surface area (Å²) in [7, 11) is 0. The molecule has 1 saturated heterocycles. The molecule has 5 heteroatoms. The van der Waals surface area contributed by atoms with Crippen LogP contribution in [0.5, 0.6) is 5.75 Å². The number of rotatable bonds is 2. The second-order valence-corrected chi connectivity index (χ2v) is 3.24. The third kappa shape index (κ3) is 2.01. The van der Waals surface area contributed by atoms with E-state index in [0.29, 0.717) is 18.7 Å². The summed E-state index contributed by atoms with van der Waals surface area (Å²) in [5, 5.41) is 0. The van der Waals surface area contributed by atoms with Crippen LogP contribution in [0.25, 0.3) is 0 Å². The number of ether oxygens (including phenoxy) is 2. The van der Waals surface area contributed by atoms with E-state index >= 15 is 0 Å². The molecule has 0 bridgehead atoms. The first-order valence-electron chi connectivity index (χ1n) is 4.55. The molecule has 1 aromatic rings. The van der Waals surface area contributed by atoms with E-state index in [1.165, 1.54) is 12.1 Å². The minimum absolute atomic E-state index is 0.179. The first-order chi connectivity index (χ1) is 7.16. The lowest BCUT2D eigenvalue weighted by molar-refractivity contribution is -0.143. The molecule has 2 rings (SSSR count). The summed E-state index contributed by atoms with van der Waals surface area (Å²) in [4.78, 5) is 11.1. The van der Waals surface area contributed by atoms with Gasteiger partial charge in [-0.05, 0) is 12.1 Å². The zero-order valence-electron chi connectivity index (χ0n) is 7.90. The second-order valence-electron chi connectivity index (χ2n) is 3.24. The van der Waals surface area contributed by atoms with Crippen molar-refractivity contribution in [2.45, 2.75) is 12.5 Å². The fraction of sp³-hybridized carbons (Fsp3) is 0.300. The van der Waals surface area contributed by atoms with Crippen molar-refractivity contribution in [1.82, 2.24) is 0 Å². The van der Waals surface area contributed by atoms with Crippen molar-refractivity contribution in [1.29, 1.82) is 0 Å². The highest BCUT2D eigenvalue weighted by atomic mass is 19.1. The maximum Gasteiger partial charge on any atom is 0.347 e. The molecule has 0 amide bonds. The van der Waals surface area contributed by atoms with Crippen LogP contribution in [0.1, 0.15) is 6.42 Å².